The summed E-state index contributed by atoms with van der Waals surface area (Å²) in [7, 11) is 3.49. The molecule has 5 nitrogen and oxygen atoms in total. The molecule has 104 valence electrons. The van der Waals surface area contributed by atoms with Gasteiger partial charge in [0.15, 0.2) is 0 Å². The number of methoxy groups -OCH3 is 1. The minimum atomic E-state index is -0.959. The maximum atomic E-state index is 11.0. The summed E-state index contributed by atoms with van der Waals surface area (Å²) < 4.78 is 5.30. The number of aromatic nitrogens is 1. The molecule has 0 unspecified atom stereocenters. The number of aromatic carboxylic acids is 1. The third kappa shape index (κ3) is 3.06. The molecule has 0 saturated heterocycles. The van der Waals surface area contributed by atoms with Crippen LogP contribution >= 0.6 is 0 Å². The molecule has 0 fully saturated rings. The van der Waals surface area contributed by atoms with Crippen molar-refractivity contribution in [3.63, 3.8) is 0 Å². The van der Waals surface area contributed by atoms with Crippen molar-refractivity contribution in [1.29, 1.82) is 0 Å². The van der Waals surface area contributed by atoms with Crippen LogP contribution in [0.25, 0.3) is 0 Å². The minimum Gasteiger partial charge on any atom is -0.496 e. The molecular formula is C15H16N2O3. The lowest BCUT2D eigenvalue weighted by molar-refractivity contribution is 0.0697. The van der Waals surface area contributed by atoms with E-state index in [1.807, 2.05) is 36.2 Å². The minimum absolute atomic E-state index is 0.224. The average Bonchev–Trinajstić information content (AvgIpc) is 2.48. The number of hydrogen-bond acceptors (Lipinski definition) is 4. The van der Waals surface area contributed by atoms with Crippen molar-refractivity contribution >= 4 is 11.8 Å². The lowest BCUT2D eigenvalue weighted by Gasteiger charge is -2.19. The molecule has 1 aromatic heterocycles. The number of benzene rings is 1. The number of ether oxygens (including phenoxy) is 1. The van der Waals surface area contributed by atoms with Crippen molar-refractivity contribution in [2.24, 2.45) is 0 Å². The second-order valence-electron chi connectivity index (χ2n) is 4.38. The van der Waals surface area contributed by atoms with Crippen molar-refractivity contribution in [3.05, 3.63) is 53.7 Å². The van der Waals surface area contributed by atoms with Gasteiger partial charge in [0.25, 0.3) is 0 Å². The van der Waals surface area contributed by atoms with E-state index in [1.165, 1.54) is 12.3 Å². The van der Waals surface area contributed by atoms with Gasteiger partial charge in [-0.1, -0.05) is 18.2 Å². The molecular weight excluding hydrogens is 256 g/mol. The van der Waals surface area contributed by atoms with E-state index in [0.717, 1.165) is 11.3 Å². The van der Waals surface area contributed by atoms with Crippen molar-refractivity contribution in [3.8, 4) is 5.75 Å². The summed E-state index contributed by atoms with van der Waals surface area (Å²) >= 11 is 0. The standard InChI is InChI=1S/C15H16N2O3/c1-17(10-12-5-3-4-6-13(12)20-2)14-9-11(15(18)19)7-8-16-14/h3-9H,10H2,1-2H3,(H,18,19). The molecule has 0 bridgehead atoms. The maximum absolute atomic E-state index is 11.0. The molecule has 1 heterocycles. The van der Waals surface area contributed by atoms with Gasteiger partial charge >= 0.3 is 5.97 Å². The van der Waals surface area contributed by atoms with E-state index in [2.05, 4.69) is 4.98 Å². The Balaban J connectivity index is 2.21. The highest BCUT2D eigenvalue weighted by Crippen LogP contribution is 2.21. The largest absolute Gasteiger partial charge is 0.496 e. The van der Waals surface area contributed by atoms with Crippen LogP contribution in [0.4, 0.5) is 5.82 Å². The van der Waals surface area contributed by atoms with Crippen LogP contribution in [-0.2, 0) is 6.54 Å². The van der Waals surface area contributed by atoms with Crippen LogP contribution in [0.15, 0.2) is 42.6 Å². The zero-order valence-corrected chi connectivity index (χ0v) is 11.4. The lowest BCUT2D eigenvalue weighted by Crippen LogP contribution is -2.18. The van der Waals surface area contributed by atoms with E-state index in [4.69, 9.17) is 9.84 Å². The average molecular weight is 272 g/mol. The highest BCUT2D eigenvalue weighted by atomic mass is 16.5. The first-order valence-electron chi connectivity index (χ1n) is 6.14. The number of carboxylic acid groups (broad SMARTS) is 1. The molecule has 1 N–H and O–H groups in total. The second-order valence-corrected chi connectivity index (χ2v) is 4.38. The first-order valence-corrected chi connectivity index (χ1v) is 6.14. The van der Waals surface area contributed by atoms with E-state index in [1.54, 1.807) is 13.2 Å². The number of nitrogens with zero attached hydrogens (tertiary/aromatic N) is 2. The molecule has 2 aromatic rings. The number of pyridine rings is 1. The van der Waals surface area contributed by atoms with E-state index in [9.17, 15) is 4.79 Å². The van der Waals surface area contributed by atoms with Gasteiger partial charge in [0.2, 0.25) is 0 Å². The van der Waals surface area contributed by atoms with Gasteiger partial charge in [-0.25, -0.2) is 9.78 Å². The zero-order chi connectivity index (χ0) is 14.5. The Morgan fingerprint density at radius 1 is 1.35 bits per heavy atom. The second kappa shape index (κ2) is 6.06. The third-order valence-electron chi connectivity index (χ3n) is 2.98. The lowest BCUT2D eigenvalue weighted by atomic mass is 10.2. The molecule has 0 aliphatic rings. The van der Waals surface area contributed by atoms with Crippen molar-refractivity contribution < 1.29 is 14.6 Å². The van der Waals surface area contributed by atoms with E-state index in [-0.39, 0.29) is 5.56 Å². The number of anilines is 1. The number of carboxylic acids is 1. The molecule has 1 aromatic carbocycles. The van der Waals surface area contributed by atoms with Crippen molar-refractivity contribution in [2.75, 3.05) is 19.1 Å². The first-order chi connectivity index (χ1) is 9.61. The summed E-state index contributed by atoms with van der Waals surface area (Å²) in [5.74, 6) is 0.448. The van der Waals surface area contributed by atoms with Crippen molar-refractivity contribution in [2.45, 2.75) is 6.54 Å². The summed E-state index contributed by atoms with van der Waals surface area (Å²) in [6.07, 6.45) is 1.50. The smallest absolute Gasteiger partial charge is 0.335 e. The highest BCUT2D eigenvalue weighted by molar-refractivity contribution is 5.88. The zero-order valence-electron chi connectivity index (χ0n) is 11.4. The topological polar surface area (TPSA) is 62.7 Å². The molecule has 0 radical (unpaired) electrons. The number of hydrogen-bond donors (Lipinski definition) is 1. The molecule has 20 heavy (non-hydrogen) atoms. The van der Waals surface area contributed by atoms with Gasteiger partial charge in [0, 0.05) is 25.4 Å². The number of rotatable bonds is 5. The fraction of sp³-hybridized carbons (Fsp3) is 0.200. The Kier molecular flexibility index (Phi) is 4.20. The number of carbonyl (C=O) groups is 1. The van der Waals surface area contributed by atoms with Crippen LogP contribution in [0.5, 0.6) is 5.75 Å². The monoisotopic (exact) mass is 272 g/mol. The van der Waals surface area contributed by atoms with Crippen LogP contribution in [0.1, 0.15) is 15.9 Å². The van der Waals surface area contributed by atoms with Crippen LogP contribution in [0, 0.1) is 0 Å². The molecule has 0 aliphatic heterocycles. The molecule has 2 rings (SSSR count). The predicted octanol–water partition coefficient (Wildman–Crippen LogP) is 2.42. The molecule has 0 atom stereocenters. The van der Waals surface area contributed by atoms with Gasteiger partial charge in [-0.3, -0.25) is 0 Å². The molecule has 5 heteroatoms. The number of para-hydroxylation sites is 1. The first kappa shape index (κ1) is 13.9. The van der Waals surface area contributed by atoms with Crippen molar-refractivity contribution in [1.82, 2.24) is 4.98 Å². The summed E-state index contributed by atoms with van der Waals surface area (Å²) in [6.45, 7) is 0.583. The summed E-state index contributed by atoms with van der Waals surface area (Å²) in [5.41, 5.74) is 1.24. The summed E-state index contributed by atoms with van der Waals surface area (Å²) in [4.78, 5) is 17.0. The molecule has 0 saturated carbocycles. The van der Waals surface area contributed by atoms with Crippen LogP contribution in [0.2, 0.25) is 0 Å². The van der Waals surface area contributed by atoms with Crippen LogP contribution in [0.3, 0.4) is 0 Å². The third-order valence-corrected chi connectivity index (χ3v) is 2.98. The Bertz CT molecular complexity index is 614. The van der Waals surface area contributed by atoms with Gasteiger partial charge < -0.3 is 14.7 Å². The van der Waals surface area contributed by atoms with E-state index < -0.39 is 5.97 Å². The van der Waals surface area contributed by atoms with Crippen LogP contribution < -0.4 is 9.64 Å². The molecule has 0 spiro atoms. The fourth-order valence-corrected chi connectivity index (χ4v) is 1.93. The van der Waals surface area contributed by atoms with Gasteiger partial charge in [-0.15, -0.1) is 0 Å². The predicted molar refractivity (Wildman–Crippen MR) is 76.3 cm³/mol. The molecule has 0 aliphatic carbocycles. The highest BCUT2D eigenvalue weighted by Gasteiger charge is 2.10. The van der Waals surface area contributed by atoms with Gasteiger partial charge in [0.1, 0.15) is 11.6 Å². The Hall–Kier alpha value is -2.56. The van der Waals surface area contributed by atoms with Gasteiger partial charge in [-0.05, 0) is 18.2 Å². The molecule has 0 amide bonds. The van der Waals surface area contributed by atoms with Gasteiger partial charge in [0.05, 0.1) is 12.7 Å². The van der Waals surface area contributed by atoms with Gasteiger partial charge in [-0.2, -0.15) is 0 Å². The summed E-state index contributed by atoms with van der Waals surface area (Å²) in [6, 6.07) is 10.7. The Labute approximate surface area is 117 Å². The maximum Gasteiger partial charge on any atom is 0.335 e. The quantitative estimate of drug-likeness (QED) is 0.905. The van der Waals surface area contributed by atoms with Crippen LogP contribution in [-0.4, -0.2) is 30.2 Å². The van der Waals surface area contributed by atoms with E-state index >= 15 is 0 Å². The normalized spacial score (nSPS) is 10.1. The van der Waals surface area contributed by atoms with E-state index in [0.29, 0.717) is 12.4 Å². The Morgan fingerprint density at radius 3 is 2.80 bits per heavy atom. The SMILES string of the molecule is COc1ccccc1CN(C)c1cc(C(=O)O)ccn1. The fourth-order valence-electron chi connectivity index (χ4n) is 1.93. The Morgan fingerprint density at radius 2 is 2.10 bits per heavy atom. The summed E-state index contributed by atoms with van der Waals surface area (Å²) in [5, 5.41) is 9.00.